The van der Waals surface area contributed by atoms with Crippen LogP contribution < -0.4 is 5.32 Å². The van der Waals surface area contributed by atoms with Crippen LogP contribution in [-0.2, 0) is 6.54 Å². The minimum Gasteiger partial charge on any atom is -0.318 e. The zero-order valence-electron chi connectivity index (χ0n) is 15.8. The normalized spacial score (nSPS) is 11.6. The first-order valence-electron chi connectivity index (χ1n) is 8.96. The predicted molar refractivity (Wildman–Crippen MR) is 109 cm³/mol. The van der Waals surface area contributed by atoms with Crippen LogP contribution in [0.5, 0.6) is 0 Å². The largest absolute Gasteiger partial charge is 0.318 e. The van der Waals surface area contributed by atoms with Gasteiger partial charge < -0.3 is 5.32 Å². The van der Waals surface area contributed by atoms with Crippen LogP contribution in [0.15, 0.2) is 42.7 Å². The summed E-state index contributed by atoms with van der Waals surface area (Å²) in [7, 11) is 0. The van der Waals surface area contributed by atoms with Crippen molar-refractivity contribution in [2.24, 2.45) is 0 Å². The Morgan fingerprint density at radius 3 is 2.47 bits per heavy atom. The van der Waals surface area contributed by atoms with E-state index in [9.17, 15) is 22.4 Å². The van der Waals surface area contributed by atoms with Crippen LogP contribution in [0.1, 0.15) is 40.3 Å². The van der Waals surface area contributed by atoms with Gasteiger partial charge in [-0.15, -0.1) is 0 Å². The van der Waals surface area contributed by atoms with Gasteiger partial charge in [0, 0.05) is 27.9 Å². The fourth-order valence-corrected chi connectivity index (χ4v) is 3.47. The Morgan fingerprint density at radius 1 is 1.09 bits per heavy atom. The van der Waals surface area contributed by atoms with Gasteiger partial charge in [-0.25, -0.2) is 27.1 Å². The molecule has 0 saturated carbocycles. The molecule has 32 heavy (non-hydrogen) atoms. The van der Waals surface area contributed by atoms with E-state index in [0.717, 1.165) is 6.07 Å². The standard InChI is InChI=1S/C19H12Cl2F4N6O/c20-11-2-1-3-12(21)10(11)8-30-7-9(6-26-30)27-19(32)14-5-16-28-13(17(22)23)4-15(18(24)25)31(16)29-14/h1-7,17-18H,8H2,(H,27,32). The Bertz CT molecular complexity index is 1290. The molecule has 166 valence electrons. The van der Waals surface area contributed by atoms with Gasteiger partial charge in [0.2, 0.25) is 0 Å². The third kappa shape index (κ3) is 4.39. The SMILES string of the molecule is O=C(Nc1cnn(Cc2c(Cl)cccc2Cl)c1)c1cc2nc(C(F)F)cc(C(F)F)n2n1. The van der Waals surface area contributed by atoms with Crippen molar-refractivity contribution < 1.29 is 22.4 Å². The number of amides is 1. The Balaban J connectivity index is 1.56. The zero-order chi connectivity index (χ0) is 23.0. The summed E-state index contributed by atoms with van der Waals surface area (Å²) in [5.41, 5.74) is -1.30. The second-order valence-electron chi connectivity index (χ2n) is 6.59. The zero-order valence-corrected chi connectivity index (χ0v) is 17.3. The number of anilines is 1. The first-order chi connectivity index (χ1) is 15.2. The van der Waals surface area contributed by atoms with Crippen molar-refractivity contribution in [3.63, 3.8) is 0 Å². The van der Waals surface area contributed by atoms with E-state index in [1.165, 1.54) is 17.1 Å². The molecule has 3 heterocycles. The average molecular weight is 487 g/mol. The lowest BCUT2D eigenvalue weighted by atomic mass is 10.2. The highest BCUT2D eigenvalue weighted by Crippen LogP contribution is 2.27. The number of hydrogen-bond acceptors (Lipinski definition) is 4. The van der Waals surface area contributed by atoms with Crippen molar-refractivity contribution in [3.8, 4) is 0 Å². The first kappa shape index (κ1) is 22.0. The summed E-state index contributed by atoms with van der Waals surface area (Å²) < 4.78 is 54.6. The van der Waals surface area contributed by atoms with Crippen LogP contribution in [0.2, 0.25) is 10.0 Å². The molecule has 4 aromatic rings. The summed E-state index contributed by atoms with van der Waals surface area (Å²) >= 11 is 12.3. The summed E-state index contributed by atoms with van der Waals surface area (Å²) in [4.78, 5) is 16.1. The number of benzene rings is 1. The summed E-state index contributed by atoms with van der Waals surface area (Å²) in [5, 5.41) is 11.3. The number of carbonyl (C=O) groups is 1. The molecule has 1 aromatic carbocycles. The van der Waals surface area contributed by atoms with Crippen LogP contribution in [0.3, 0.4) is 0 Å². The number of carbonyl (C=O) groups excluding carboxylic acids is 1. The lowest BCUT2D eigenvalue weighted by Crippen LogP contribution is -2.12. The van der Waals surface area contributed by atoms with Gasteiger partial charge in [-0.3, -0.25) is 9.48 Å². The van der Waals surface area contributed by atoms with E-state index < -0.39 is 30.1 Å². The lowest BCUT2D eigenvalue weighted by Gasteiger charge is -2.06. The molecule has 13 heteroatoms. The number of hydrogen-bond donors (Lipinski definition) is 1. The molecule has 0 aliphatic heterocycles. The summed E-state index contributed by atoms with van der Waals surface area (Å²) in [5.74, 6) is -0.760. The second-order valence-corrected chi connectivity index (χ2v) is 7.40. The van der Waals surface area contributed by atoms with Crippen molar-refractivity contribution in [2.75, 3.05) is 5.32 Å². The number of nitrogens with zero attached hydrogens (tertiary/aromatic N) is 5. The topological polar surface area (TPSA) is 77.1 Å². The maximum Gasteiger partial charge on any atom is 0.280 e. The molecule has 0 aliphatic rings. The molecule has 3 aromatic heterocycles. The molecule has 1 amide bonds. The van der Waals surface area contributed by atoms with E-state index >= 15 is 0 Å². The fraction of sp³-hybridized carbons (Fsp3) is 0.158. The molecule has 0 unspecified atom stereocenters. The minimum absolute atomic E-state index is 0.237. The number of alkyl halides is 4. The maximum atomic E-state index is 13.3. The highest BCUT2D eigenvalue weighted by Gasteiger charge is 2.22. The number of rotatable bonds is 6. The van der Waals surface area contributed by atoms with E-state index in [2.05, 4.69) is 20.5 Å². The van der Waals surface area contributed by atoms with E-state index in [1.54, 1.807) is 18.2 Å². The van der Waals surface area contributed by atoms with E-state index in [4.69, 9.17) is 23.2 Å². The third-order valence-corrected chi connectivity index (χ3v) is 5.14. The summed E-state index contributed by atoms with van der Waals surface area (Å²) in [6.45, 7) is 0.237. The Hall–Kier alpha value is -3.18. The number of fused-ring (bicyclic) bond motifs is 1. The second kappa shape index (κ2) is 8.75. The van der Waals surface area contributed by atoms with Crippen molar-refractivity contribution in [2.45, 2.75) is 19.4 Å². The number of nitrogens with one attached hydrogen (secondary N) is 1. The van der Waals surface area contributed by atoms with Crippen LogP contribution in [0.25, 0.3) is 5.65 Å². The Morgan fingerprint density at radius 2 is 1.81 bits per heavy atom. The van der Waals surface area contributed by atoms with E-state index in [1.807, 2.05) is 0 Å². The van der Waals surface area contributed by atoms with Gasteiger partial charge in [0.1, 0.15) is 11.4 Å². The van der Waals surface area contributed by atoms with E-state index in [-0.39, 0.29) is 23.6 Å². The van der Waals surface area contributed by atoms with Crippen LogP contribution in [-0.4, -0.2) is 30.3 Å². The maximum absolute atomic E-state index is 13.3. The molecule has 0 saturated heterocycles. The molecule has 0 radical (unpaired) electrons. The van der Waals surface area contributed by atoms with Gasteiger partial charge >= 0.3 is 0 Å². The van der Waals surface area contributed by atoms with Gasteiger partial charge in [0.05, 0.1) is 18.4 Å². The monoisotopic (exact) mass is 486 g/mol. The molecular weight excluding hydrogens is 475 g/mol. The highest BCUT2D eigenvalue weighted by atomic mass is 35.5. The van der Waals surface area contributed by atoms with Crippen molar-refractivity contribution in [1.29, 1.82) is 0 Å². The van der Waals surface area contributed by atoms with Gasteiger partial charge in [0.25, 0.3) is 18.8 Å². The molecule has 0 bridgehead atoms. The van der Waals surface area contributed by atoms with E-state index in [0.29, 0.717) is 26.2 Å². The molecule has 0 atom stereocenters. The predicted octanol–water partition coefficient (Wildman–Crippen LogP) is 5.41. The van der Waals surface area contributed by atoms with Crippen molar-refractivity contribution in [3.05, 3.63) is 75.4 Å². The van der Waals surface area contributed by atoms with Crippen molar-refractivity contribution in [1.82, 2.24) is 24.4 Å². The summed E-state index contributed by atoms with van der Waals surface area (Å²) in [6.07, 6.45) is -3.29. The molecular formula is C19H12Cl2F4N6O. The molecule has 7 nitrogen and oxygen atoms in total. The smallest absolute Gasteiger partial charge is 0.280 e. The Kier molecular flexibility index (Phi) is 6.02. The van der Waals surface area contributed by atoms with Gasteiger partial charge in [0.15, 0.2) is 11.3 Å². The molecule has 1 N–H and O–H groups in total. The van der Waals surface area contributed by atoms with Crippen molar-refractivity contribution >= 4 is 40.4 Å². The molecule has 0 fully saturated rings. The van der Waals surface area contributed by atoms with Crippen LogP contribution in [0.4, 0.5) is 23.2 Å². The van der Waals surface area contributed by atoms with Gasteiger partial charge in [-0.1, -0.05) is 29.3 Å². The first-order valence-corrected chi connectivity index (χ1v) is 9.72. The summed E-state index contributed by atoms with van der Waals surface area (Å²) in [6, 6.07) is 6.66. The molecule has 0 spiro atoms. The third-order valence-electron chi connectivity index (χ3n) is 4.43. The van der Waals surface area contributed by atoms with Gasteiger partial charge in [-0.2, -0.15) is 10.2 Å². The highest BCUT2D eigenvalue weighted by molar-refractivity contribution is 6.35. The van der Waals surface area contributed by atoms with Crippen LogP contribution >= 0.6 is 23.2 Å². The minimum atomic E-state index is -3.09. The lowest BCUT2D eigenvalue weighted by molar-refractivity contribution is 0.102. The molecule has 4 rings (SSSR count). The van der Waals surface area contributed by atoms with Crippen LogP contribution in [0, 0.1) is 0 Å². The fourth-order valence-electron chi connectivity index (χ4n) is 2.95. The quantitative estimate of drug-likeness (QED) is 0.369. The number of aromatic nitrogens is 5. The van der Waals surface area contributed by atoms with Gasteiger partial charge in [-0.05, 0) is 18.2 Å². The Labute approximate surface area is 187 Å². The number of halogens is 6. The average Bonchev–Trinajstić information content (AvgIpc) is 3.36. The molecule has 0 aliphatic carbocycles.